The minimum absolute atomic E-state index is 0.0431. The van der Waals surface area contributed by atoms with Crippen molar-refractivity contribution in [3.05, 3.63) is 54.1 Å². The van der Waals surface area contributed by atoms with E-state index in [0.717, 1.165) is 17.0 Å². The van der Waals surface area contributed by atoms with Crippen molar-refractivity contribution >= 4 is 23.2 Å². The number of amides is 2. The van der Waals surface area contributed by atoms with Crippen LogP contribution in [0.15, 0.2) is 48.5 Å². The Bertz CT molecular complexity index is 759. The number of fused-ring (bicyclic) bond motifs is 1. The molecule has 2 aromatic rings. The van der Waals surface area contributed by atoms with Crippen LogP contribution in [0.2, 0.25) is 0 Å². The Hall–Kier alpha value is -3.02. The molecule has 3 N–H and O–H groups in total. The van der Waals surface area contributed by atoms with E-state index in [0.29, 0.717) is 31.6 Å². The molecule has 25 heavy (non-hydrogen) atoms. The first-order valence-electron chi connectivity index (χ1n) is 8.27. The van der Waals surface area contributed by atoms with E-state index in [-0.39, 0.29) is 18.4 Å². The summed E-state index contributed by atoms with van der Waals surface area (Å²) in [6, 6.07) is 14.7. The van der Waals surface area contributed by atoms with E-state index in [1.165, 1.54) is 0 Å². The first-order valence-corrected chi connectivity index (χ1v) is 8.27. The zero-order valence-corrected chi connectivity index (χ0v) is 13.9. The van der Waals surface area contributed by atoms with E-state index in [1.54, 1.807) is 17.0 Å². The lowest BCUT2D eigenvalue weighted by molar-refractivity contribution is -0.121. The molecule has 0 aliphatic carbocycles. The lowest BCUT2D eigenvalue weighted by Crippen LogP contribution is -2.40. The van der Waals surface area contributed by atoms with E-state index in [2.05, 4.69) is 5.32 Å². The summed E-state index contributed by atoms with van der Waals surface area (Å²) in [5.74, 6) is 0.611. The van der Waals surface area contributed by atoms with E-state index in [1.807, 2.05) is 36.4 Å². The second-order valence-electron chi connectivity index (χ2n) is 5.92. The van der Waals surface area contributed by atoms with Gasteiger partial charge in [0.25, 0.3) is 5.91 Å². The summed E-state index contributed by atoms with van der Waals surface area (Å²) in [5.41, 5.74) is 8.01. The van der Waals surface area contributed by atoms with Crippen LogP contribution in [0.4, 0.5) is 11.4 Å². The quantitative estimate of drug-likeness (QED) is 0.620. The summed E-state index contributed by atoms with van der Waals surface area (Å²) < 4.78 is 5.42. The van der Waals surface area contributed by atoms with Crippen molar-refractivity contribution in [3.63, 3.8) is 0 Å². The molecule has 6 heteroatoms. The van der Waals surface area contributed by atoms with E-state index in [4.69, 9.17) is 10.5 Å². The third-order valence-electron chi connectivity index (χ3n) is 4.03. The number of nitrogens with two attached hydrogens (primary N) is 1. The van der Waals surface area contributed by atoms with Crippen LogP contribution in [0.1, 0.15) is 12.0 Å². The van der Waals surface area contributed by atoms with Crippen molar-refractivity contribution in [3.8, 4) is 5.75 Å². The SMILES string of the molecule is Nc1ccc(CC(=O)NCCCN2C(=O)COc3ccccc32)cc1. The lowest BCUT2D eigenvalue weighted by atomic mass is 10.1. The van der Waals surface area contributed by atoms with Crippen molar-refractivity contribution in [1.82, 2.24) is 5.32 Å². The molecule has 0 saturated carbocycles. The number of carbonyl (C=O) groups excluding carboxylic acids is 2. The number of anilines is 2. The Balaban J connectivity index is 1.46. The topological polar surface area (TPSA) is 84.7 Å². The molecule has 0 unspecified atom stereocenters. The number of hydrogen-bond donors (Lipinski definition) is 2. The molecule has 130 valence electrons. The van der Waals surface area contributed by atoms with Gasteiger partial charge in [0.15, 0.2) is 6.61 Å². The molecule has 2 amide bonds. The van der Waals surface area contributed by atoms with Crippen LogP contribution >= 0.6 is 0 Å². The van der Waals surface area contributed by atoms with E-state index in [9.17, 15) is 9.59 Å². The van der Waals surface area contributed by atoms with Crippen molar-refractivity contribution in [2.75, 3.05) is 30.3 Å². The van der Waals surface area contributed by atoms with Gasteiger partial charge in [0.05, 0.1) is 12.1 Å². The highest BCUT2D eigenvalue weighted by Gasteiger charge is 2.24. The number of nitrogen functional groups attached to an aromatic ring is 1. The van der Waals surface area contributed by atoms with Crippen molar-refractivity contribution in [2.45, 2.75) is 12.8 Å². The van der Waals surface area contributed by atoms with E-state index >= 15 is 0 Å². The third kappa shape index (κ3) is 4.29. The van der Waals surface area contributed by atoms with Gasteiger partial charge in [-0.25, -0.2) is 0 Å². The fourth-order valence-corrected chi connectivity index (χ4v) is 2.75. The van der Waals surface area contributed by atoms with Gasteiger partial charge in [-0.2, -0.15) is 0 Å². The molecule has 0 aromatic heterocycles. The Morgan fingerprint density at radius 1 is 1.16 bits per heavy atom. The number of nitrogens with zero attached hydrogens (tertiary/aromatic N) is 1. The highest BCUT2D eigenvalue weighted by atomic mass is 16.5. The predicted octanol–water partition coefficient (Wildman–Crippen LogP) is 1.74. The maximum Gasteiger partial charge on any atom is 0.265 e. The molecule has 0 spiro atoms. The van der Waals surface area contributed by atoms with Crippen molar-refractivity contribution < 1.29 is 14.3 Å². The Kier molecular flexibility index (Phi) is 5.18. The van der Waals surface area contributed by atoms with Gasteiger partial charge in [-0.1, -0.05) is 24.3 Å². The summed E-state index contributed by atoms with van der Waals surface area (Å²) in [5, 5.41) is 2.88. The van der Waals surface area contributed by atoms with Crippen LogP contribution in [0.3, 0.4) is 0 Å². The smallest absolute Gasteiger partial charge is 0.265 e. The largest absolute Gasteiger partial charge is 0.482 e. The number of ether oxygens (including phenoxy) is 1. The fraction of sp³-hybridized carbons (Fsp3) is 0.263. The standard InChI is InChI=1S/C19H21N3O3/c20-15-8-6-14(7-9-15)12-18(23)21-10-3-11-22-16-4-1-2-5-17(16)25-13-19(22)24/h1-2,4-9H,3,10-13,20H2,(H,21,23). The van der Waals surface area contributed by atoms with Crippen molar-refractivity contribution in [1.29, 1.82) is 0 Å². The molecular formula is C19H21N3O3. The van der Waals surface area contributed by atoms with Crippen LogP contribution in [0.5, 0.6) is 5.75 Å². The maximum atomic E-state index is 12.1. The summed E-state index contributed by atoms with van der Waals surface area (Å²) in [4.78, 5) is 25.7. The Labute approximate surface area is 146 Å². The van der Waals surface area contributed by atoms with Crippen molar-refractivity contribution in [2.24, 2.45) is 0 Å². The molecule has 0 fully saturated rings. The fourth-order valence-electron chi connectivity index (χ4n) is 2.75. The molecule has 0 saturated heterocycles. The van der Waals surface area contributed by atoms with Gasteiger partial charge < -0.3 is 20.7 Å². The molecule has 0 atom stereocenters. The normalized spacial score (nSPS) is 13.1. The monoisotopic (exact) mass is 339 g/mol. The molecule has 1 aliphatic heterocycles. The average molecular weight is 339 g/mol. The minimum Gasteiger partial charge on any atom is -0.482 e. The van der Waals surface area contributed by atoms with Gasteiger partial charge in [0, 0.05) is 18.8 Å². The maximum absolute atomic E-state index is 12.1. The molecule has 1 heterocycles. The number of benzene rings is 2. The van der Waals surface area contributed by atoms with Crippen LogP contribution in [0, 0.1) is 0 Å². The minimum atomic E-state index is -0.0631. The molecular weight excluding hydrogens is 318 g/mol. The highest BCUT2D eigenvalue weighted by molar-refractivity contribution is 5.97. The van der Waals surface area contributed by atoms with Gasteiger partial charge in [-0.15, -0.1) is 0 Å². The van der Waals surface area contributed by atoms with Gasteiger partial charge in [0.2, 0.25) is 5.91 Å². The third-order valence-corrected chi connectivity index (χ3v) is 4.03. The highest BCUT2D eigenvalue weighted by Crippen LogP contribution is 2.31. The van der Waals surface area contributed by atoms with E-state index < -0.39 is 0 Å². The van der Waals surface area contributed by atoms with Crippen LogP contribution in [-0.4, -0.2) is 31.5 Å². The number of para-hydroxylation sites is 2. The predicted molar refractivity (Wildman–Crippen MR) is 96.5 cm³/mol. The van der Waals surface area contributed by atoms with Gasteiger partial charge in [-0.3, -0.25) is 9.59 Å². The number of nitrogens with one attached hydrogen (secondary N) is 1. The summed E-state index contributed by atoms with van der Waals surface area (Å²) >= 11 is 0. The number of carbonyl (C=O) groups is 2. The summed E-state index contributed by atoms with van der Waals surface area (Å²) in [6.07, 6.45) is 0.993. The Morgan fingerprint density at radius 3 is 2.72 bits per heavy atom. The van der Waals surface area contributed by atoms with Crippen LogP contribution in [-0.2, 0) is 16.0 Å². The summed E-state index contributed by atoms with van der Waals surface area (Å²) in [6.45, 7) is 1.11. The lowest BCUT2D eigenvalue weighted by Gasteiger charge is -2.29. The zero-order valence-electron chi connectivity index (χ0n) is 13.9. The second kappa shape index (κ2) is 7.70. The molecule has 1 aliphatic rings. The molecule has 3 rings (SSSR count). The molecule has 6 nitrogen and oxygen atoms in total. The average Bonchev–Trinajstić information content (AvgIpc) is 2.62. The first kappa shape index (κ1) is 16.8. The number of rotatable bonds is 6. The molecule has 2 aromatic carbocycles. The van der Waals surface area contributed by atoms with Gasteiger partial charge in [0.1, 0.15) is 5.75 Å². The summed E-state index contributed by atoms with van der Waals surface area (Å²) in [7, 11) is 0. The van der Waals surface area contributed by atoms with Crippen LogP contribution in [0.25, 0.3) is 0 Å². The first-order chi connectivity index (χ1) is 12.1. The zero-order chi connectivity index (χ0) is 17.6. The molecule has 0 radical (unpaired) electrons. The van der Waals surface area contributed by atoms with Crippen LogP contribution < -0.4 is 20.7 Å². The van der Waals surface area contributed by atoms with Gasteiger partial charge >= 0.3 is 0 Å². The van der Waals surface area contributed by atoms with Gasteiger partial charge in [-0.05, 0) is 36.2 Å². The molecule has 0 bridgehead atoms. The number of hydrogen-bond acceptors (Lipinski definition) is 4. The second-order valence-corrected chi connectivity index (χ2v) is 5.92. The Morgan fingerprint density at radius 2 is 1.92 bits per heavy atom.